The Morgan fingerprint density at radius 3 is 1.55 bits per heavy atom. The minimum atomic E-state index is 0.922. The summed E-state index contributed by atoms with van der Waals surface area (Å²) in [5.74, 6) is 0. The minimum absolute atomic E-state index is 0.922. The predicted octanol–water partition coefficient (Wildman–Crippen LogP) is 12.5. The second kappa shape index (κ2) is 11.9. The fraction of sp³-hybridized carbons (Fsp3) is 0. The van der Waals surface area contributed by atoms with Crippen molar-refractivity contribution in [3.63, 3.8) is 0 Å². The molecule has 3 heterocycles. The second-order valence-corrected chi connectivity index (χ2v) is 13.0. The normalized spacial score (nSPS) is 11.5. The van der Waals surface area contributed by atoms with Crippen molar-refractivity contribution in [3.8, 4) is 50.3 Å². The van der Waals surface area contributed by atoms with Gasteiger partial charge in [-0.1, -0.05) is 133 Å². The van der Waals surface area contributed by atoms with E-state index < -0.39 is 0 Å². The molecule has 10 aromatic rings. The summed E-state index contributed by atoms with van der Waals surface area (Å²) >= 11 is 0. The van der Waals surface area contributed by atoms with Crippen LogP contribution in [0, 0.1) is 0 Å². The second-order valence-electron chi connectivity index (χ2n) is 13.0. The van der Waals surface area contributed by atoms with Crippen LogP contribution in [-0.4, -0.2) is 14.5 Å². The maximum Gasteiger partial charge on any atom is 0.0724 e. The Morgan fingerprint density at radius 2 is 0.902 bits per heavy atom. The van der Waals surface area contributed by atoms with E-state index in [0.717, 1.165) is 44.7 Å². The molecule has 10 rings (SSSR count). The molecule has 7 aromatic carbocycles. The van der Waals surface area contributed by atoms with Crippen LogP contribution in [0.25, 0.3) is 93.7 Å². The molecule has 0 amide bonds. The summed E-state index contributed by atoms with van der Waals surface area (Å²) in [5, 5.41) is 7.31. The highest BCUT2D eigenvalue weighted by atomic mass is 15.0. The number of benzene rings is 7. The molecular formula is C48H31N3. The Labute approximate surface area is 295 Å². The first kappa shape index (κ1) is 29.1. The van der Waals surface area contributed by atoms with Crippen LogP contribution in [0.5, 0.6) is 0 Å². The third-order valence-corrected chi connectivity index (χ3v) is 10.1. The SMILES string of the molecule is c1ccc(-c2cc(-c3ccc(-c4c5ccccc5c(-c5ccccc5)c5ccccc45)cn3)cc(-n3c4ccccc4c4ccncc43)c2)cc1. The van der Waals surface area contributed by atoms with Crippen molar-refractivity contribution in [2.75, 3.05) is 0 Å². The van der Waals surface area contributed by atoms with Crippen molar-refractivity contribution in [2.45, 2.75) is 0 Å². The van der Waals surface area contributed by atoms with Gasteiger partial charge in [0.25, 0.3) is 0 Å². The zero-order valence-corrected chi connectivity index (χ0v) is 27.7. The first-order valence-electron chi connectivity index (χ1n) is 17.3. The number of rotatable bonds is 5. The van der Waals surface area contributed by atoms with Gasteiger partial charge < -0.3 is 4.57 Å². The van der Waals surface area contributed by atoms with E-state index in [2.05, 4.69) is 179 Å². The van der Waals surface area contributed by atoms with Crippen LogP contribution in [0.4, 0.5) is 0 Å². The molecular weight excluding hydrogens is 619 g/mol. The van der Waals surface area contributed by atoms with Gasteiger partial charge in [-0.25, -0.2) is 0 Å². The summed E-state index contributed by atoms with van der Waals surface area (Å²) in [4.78, 5) is 9.71. The number of pyridine rings is 2. The van der Waals surface area contributed by atoms with Gasteiger partial charge in [0.15, 0.2) is 0 Å². The van der Waals surface area contributed by atoms with Crippen molar-refractivity contribution in [1.82, 2.24) is 14.5 Å². The lowest BCUT2D eigenvalue weighted by Crippen LogP contribution is -1.97. The maximum absolute atomic E-state index is 5.18. The van der Waals surface area contributed by atoms with Crippen molar-refractivity contribution in [2.24, 2.45) is 0 Å². The third-order valence-electron chi connectivity index (χ3n) is 10.1. The smallest absolute Gasteiger partial charge is 0.0724 e. The molecule has 0 saturated heterocycles. The summed E-state index contributed by atoms with van der Waals surface area (Å²) in [7, 11) is 0. The molecule has 0 saturated carbocycles. The zero-order chi connectivity index (χ0) is 33.7. The first-order valence-corrected chi connectivity index (χ1v) is 17.3. The number of fused-ring (bicyclic) bond motifs is 5. The van der Waals surface area contributed by atoms with E-state index in [4.69, 9.17) is 4.98 Å². The average molecular weight is 650 g/mol. The van der Waals surface area contributed by atoms with Crippen LogP contribution in [0.2, 0.25) is 0 Å². The molecule has 0 bridgehead atoms. The Kier molecular flexibility index (Phi) is 6.81. The molecule has 3 aromatic heterocycles. The van der Waals surface area contributed by atoms with Crippen molar-refractivity contribution < 1.29 is 0 Å². The van der Waals surface area contributed by atoms with Gasteiger partial charge in [0.2, 0.25) is 0 Å². The zero-order valence-electron chi connectivity index (χ0n) is 27.7. The van der Waals surface area contributed by atoms with E-state index in [1.807, 2.05) is 18.6 Å². The fourth-order valence-electron chi connectivity index (χ4n) is 7.85. The Hall–Kier alpha value is -6.84. The Morgan fingerprint density at radius 1 is 0.353 bits per heavy atom. The summed E-state index contributed by atoms with van der Waals surface area (Å²) < 4.78 is 2.33. The molecule has 0 atom stereocenters. The van der Waals surface area contributed by atoms with Crippen LogP contribution in [-0.2, 0) is 0 Å². The lowest BCUT2D eigenvalue weighted by Gasteiger charge is -2.18. The van der Waals surface area contributed by atoms with Crippen LogP contribution in [0.15, 0.2) is 188 Å². The molecule has 3 nitrogen and oxygen atoms in total. The molecule has 51 heavy (non-hydrogen) atoms. The molecule has 0 fully saturated rings. The molecule has 238 valence electrons. The van der Waals surface area contributed by atoms with Crippen LogP contribution >= 0.6 is 0 Å². The van der Waals surface area contributed by atoms with E-state index in [-0.39, 0.29) is 0 Å². The summed E-state index contributed by atoms with van der Waals surface area (Å²) in [5.41, 5.74) is 12.4. The quantitative estimate of drug-likeness (QED) is 0.174. The molecule has 0 aliphatic rings. The van der Waals surface area contributed by atoms with E-state index in [9.17, 15) is 0 Å². The monoisotopic (exact) mass is 649 g/mol. The van der Waals surface area contributed by atoms with Gasteiger partial charge in [0.05, 0.1) is 22.9 Å². The highest BCUT2D eigenvalue weighted by Crippen LogP contribution is 2.44. The number of para-hydroxylation sites is 1. The number of hydrogen-bond donors (Lipinski definition) is 0. The fourth-order valence-corrected chi connectivity index (χ4v) is 7.85. The molecule has 0 unspecified atom stereocenters. The summed E-state index contributed by atoms with van der Waals surface area (Å²) in [6.07, 6.45) is 5.89. The summed E-state index contributed by atoms with van der Waals surface area (Å²) in [6, 6.07) is 60.7. The first-order chi connectivity index (χ1) is 25.3. The van der Waals surface area contributed by atoms with Gasteiger partial charge in [0.1, 0.15) is 0 Å². The van der Waals surface area contributed by atoms with Gasteiger partial charge in [-0.05, 0) is 85.8 Å². The van der Waals surface area contributed by atoms with Crippen molar-refractivity contribution in [3.05, 3.63) is 188 Å². The Balaban J connectivity index is 1.17. The van der Waals surface area contributed by atoms with Gasteiger partial charge in [0, 0.05) is 40.0 Å². The van der Waals surface area contributed by atoms with Gasteiger partial charge in [-0.3, -0.25) is 9.97 Å². The molecule has 0 aliphatic carbocycles. The average Bonchev–Trinajstić information content (AvgIpc) is 3.55. The van der Waals surface area contributed by atoms with Crippen LogP contribution < -0.4 is 0 Å². The van der Waals surface area contributed by atoms with Gasteiger partial charge in [-0.15, -0.1) is 0 Å². The number of aromatic nitrogens is 3. The topological polar surface area (TPSA) is 30.7 Å². The number of nitrogens with zero attached hydrogens (tertiary/aromatic N) is 3. The van der Waals surface area contributed by atoms with E-state index >= 15 is 0 Å². The van der Waals surface area contributed by atoms with E-state index in [1.165, 1.54) is 49.0 Å². The summed E-state index contributed by atoms with van der Waals surface area (Å²) in [6.45, 7) is 0. The molecule has 0 radical (unpaired) electrons. The molecule has 0 N–H and O–H groups in total. The van der Waals surface area contributed by atoms with E-state index in [1.54, 1.807) is 0 Å². The van der Waals surface area contributed by atoms with Crippen LogP contribution in [0.1, 0.15) is 0 Å². The minimum Gasteiger partial charge on any atom is -0.308 e. The van der Waals surface area contributed by atoms with Crippen molar-refractivity contribution in [1.29, 1.82) is 0 Å². The van der Waals surface area contributed by atoms with Gasteiger partial charge in [-0.2, -0.15) is 0 Å². The largest absolute Gasteiger partial charge is 0.308 e. The highest BCUT2D eigenvalue weighted by molar-refractivity contribution is 6.21. The number of hydrogen-bond acceptors (Lipinski definition) is 2. The third kappa shape index (κ3) is 4.82. The lowest BCUT2D eigenvalue weighted by atomic mass is 9.86. The molecule has 0 aliphatic heterocycles. The highest BCUT2D eigenvalue weighted by Gasteiger charge is 2.18. The lowest BCUT2D eigenvalue weighted by molar-refractivity contribution is 1.16. The molecule has 0 spiro atoms. The Bertz CT molecular complexity index is 2780. The molecule has 3 heteroatoms. The van der Waals surface area contributed by atoms with Gasteiger partial charge >= 0.3 is 0 Å². The predicted molar refractivity (Wildman–Crippen MR) is 213 cm³/mol. The van der Waals surface area contributed by atoms with Crippen molar-refractivity contribution >= 4 is 43.4 Å². The van der Waals surface area contributed by atoms with E-state index in [0.29, 0.717) is 0 Å². The van der Waals surface area contributed by atoms with Crippen LogP contribution in [0.3, 0.4) is 0 Å². The maximum atomic E-state index is 5.18. The standard InChI is InChI=1S/C48H31N3/c1-3-13-32(14-4-1)35-27-36(29-37(28-35)51-45-22-12-11-17-38(45)39-25-26-49-31-46(39)51)44-24-23-34(30-50-44)48-42-20-9-7-18-40(42)47(33-15-5-2-6-16-33)41-19-8-10-21-43(41)48/h1-31H.